The summed E-state index contributed by atoms with van der Waals surface area (Å²) in [5.41, 5.74) is 7.49. The van der Waals surface area contributed by atoms with E-state index in [0.717, 1.165) is 27.7 Å². The molecular weight excluding hydrogens is 270 g/mol. The van der Waals surface area contributed by atoms with E-state index in [1.807, 2.05) is 18.2 Å². The first-order chi connectivity index (χ1) is 9.83. The van der Waals surface area contributed by atoms with Crippen molar-refractivity contribution < 1.29 is 4.74 Å². The van der Waals surface area contributed by atoms with E-state index >= 15 is 0 Å². The highest BCUT2D eigenvalue weighted by Gasteiger charge is 2.04. The van der Waals surface area contributed by atoms with Crippen LogP contribution in [0.2, 0.25) is 0 Å². The molecule has 5 heteroatoms. The van der Waals surface area contributed by atoms with E-state index in [2.05, 4.69) is 21.8 Å². The summed E-state index contributed by atoms with van der Waals surface area (Å²) >= 11 is 1.61. The van der Waals surface area contributed by atoms with Crippen LogP contribution >= 0.6 is 11.8 Å². The van der Waals surface area contributed by atoms with Crippen molar-refractivity contribution in [2.24, 2.45) is 5.73 Å². The lowest BCUT2D eigenvalue weighted by atomic mass is 10.1. The molecule has 0 saturated heterocycles. The van der Waals surface area contributed by atoms with Crippen molar-refractivity contribution in [3.63, 3.8) is 0 Å². The molecule has 0 unspecified atom stereocenters. The van der Waals surface area contributed by atoms with Crippen LogP contribution in [0, 0.1) is 11.8 Å². The van der Waals surface area contributed by atoms with E-state index < -0.39 is 0 Å². The standard InChI is InChI=1S/C15H15N3OS/c1-19-14-5-4-12(3-2-6-16)13(9-14)11-20-15-10-17-7-8-18-15/h4-5,7-10H,6,11,16H2,1H3. The van der Waals surface area contributed by atoms with Crippen molar-refractivity contribution >= 4 is 11.8 Å². The maximum absolute atomic E-state index is 5.43. The van der Waals surface area contributed by atoms with Crippen molar-refractivity contribution in [2.45, 2.75) is 10.8 Å². The second-order valence-electron chi connectivity index (χ2n) is 3.86. The van der Waals surface area contributed by atoms with E-state index in [9.17, 15) is 0 Å². The topological polar surface area (TPSA) is 61.0 Å². The van der Waals surface area contributed by atoms with Crippen LogP contribution in [0.5, 0.6) is 5.75 Å². The molecule has 0 fully saturated rings. The smallest absolute Gasteiger partial charge is 0.119 e. The van der Waals surface area contributed by atoms with Gasteiger partial charge in [-0.2, -0.15) is 0 Å². The van der Waals surface area contributed by atoms with Crippen LogP contribution < -0.4 is 10.5 Å². The minimum absolute atomic E-state index is 0.350. The number of benzene rings is 1. The molecule has 102 valence electrons. The number of aromatic nitrogens is 2. The number of methoxy groups -OCH3 is 1. The summed E-state index contributed by atoms with van der Waals surface area (Å²) in [5, 5.41) is 0.882. The zero-order valence-electron chi connectivity index (χ0n) is 11.2. The molecule has 1 heterocycles. The summed E-state index contributed by atoms with van der Waals surface area (Å²) in [5.74, 6) is 7.53. The molecular formula is C15H15N3OS. The van der Waals surface area contributed by atoms with Gasteiger partial charge in [-0.05, 0) is 23.8 Å². The maximum atomic E-state index is 5.43. The van der Waals surface area contributed by atoms with Gasteiger partial charge < -0.3 is 10.5 Å². The average molecular weight is 285 g/mol. The summed E-state index contributed by atoms with van der Waals surface area (Å²) in [7, 11) is 1.65. The van der Waals surface area contributed by atoms with Crippen molar-refractivity contribution in [1.82, 2.24) is 9.97 Å². The molecule has 0 aliphatic heterocycles. The number of rotatable bonds is 4. The van der Waals surface area contributed by atoms with Crippen LogP contribution in [0.4, 0.5) is 0 Å². The lowest BCUT2D eigenvalue weighted by Gasteiger charge is -2.07. The third kappa shape index (κ3) is 3.98. The summed E-state index contributed by atoms with van der Waals surface area (Å²) in [6, 6.07) is 5.84. The molecule has 0 aliphatic carbocycles. The lowest BCUT2D eigenvalue weighted by Crippen LogP contribution is -1.95. The van der Waals surface area contributed by atoms with Crippen LogP contribution in [0.1, 0.15) is 11.1 Å². The Balaban J connectivity index is 2.19. The Kier molecular flexibility index (Phi) is 5.42. The SMILES string of the molecule is COc1ccc(C#CCN)c(CSc2cnccn2)c1. The summed E-state index contributed by atoms with van der Waals surface area (Å²) in [4.78, 5) is 8.29. The van der Waals surface area contributed by atoms with E-state index in [4.69, 9.17) is 10.5 Å². The summed E-state index contributed by atoms with van der Waals surface area (Å²) in [6.07, 6.45) is 5.09. The number of ether oxygens (including phenoxy) is 1. The van der Waals surface area contributed by atoms with Gasteiger partial charge in [-0.15, -0.1) is 11.8 Å². The van der Waals surface area contributed by atoms with Gasteiger partial charge in [0.25, 0.3) is 0 Å². The minimum atomic E-state index is 0.350. The van der Waals surface area contributed by atoms with E-state index in [1.54, 1.807) is 37.5 Å². The molecule has 4 nitrogen and oxygen atoms in total. The molecule has 0 radical (unpaired) electrons. The summed E-state index contributed by atoms with van der Waals surface area (Å²) in [6.45, 7) is 0.350. The fraction of sp³-hybridized carbons (Fsp3) is 0.200. The van der Waals surface area contributed by atoms with Gasteiger partial charge in [0.15, 0.2) is 0 Å². The second-order valence-corrected chi connectivity index (χ2v) is 4.86. The quantitative estimate of drug-likeness (QED) is 0.688. The van der Waals surface area contributed by atoms with Gasteiger partial charge in [-0.3, -0.25) is 4.98 Å². The molecule has 0 saturated carbocycles. The van der Waals surface area contributed by atoms with Gasteiger partial charge in [0, 0.05) is 23.7 Å². The Hall–Kier alpha value is -2.03. The highest BCUT2D eigenvalue weighted by Crippen LogP contribution is 2.25. The van der Waals surface area contributed by atoms with Crippen molar-refractivity contribution in [2.75, 3.05) is 13.7 Å². The number of hydrogen-bond acceptors (Lipinski definition) is 5. The summed E-state index contributed by atoms with van der Waals surface area (Å²) < 4.78 is 5.26. The fourth-order valence-corrected chi connectivity index (χ4v) is 2.41. The third-order valence-corrected chi connectivity index (χ3v) is 3.51. The van der Waals surface area contributed by atoms with Crippen molar-refractivity contribution in [3.8, 4) is 17.6 Å². The molecule has 0 spiro atoms. The maximum Gasteiger partial charge on any atom is 0.119 e. The van der Waals surface area contributed by atoms with Gasteiger partial charge in [-0.25, -0.2) is 4.98 Å². The van der Waals surface area contributed by atoms with E-state index in [1.165, 1.54) is 0 Å². The van der Waals surface area contributed by atoms with Gasteiger partial charge in [0.05, 0.1) is 19.9 Å². The molecule has 0 bridgehead atoms. The van der Waals surface area contributed by atoms with Crippen LogP contribution in [-0.4, -0.2) is 23.6 Å². The Morgan fingerprint density at radius 1 is 1.35 bits per heavy atom. The molecule has 20 heavy (non-hydrogen) atoms. The molecule has 2 aromatic rings. The first-order valence-corrected chi connectivity index (χ1v) is 7.06. The van der Waals surface area contributed by atoms with Crippen LogP contribution in [0.15, 0.2) is 41.8 Å². The fourth-order valence-electron chi connectivity index (χ4n) is 1.60. The Bertz CT molecular complexity index is 620. The Labute approximate surface area is 122 Å². The zero-order valence-corrected chi connectivity index (χ0v) is 12.0. The van der Waals surface area contributed by atoms with E-state index in [-0.39, 0.29) is 0 Å². The molecule has 1 aromatic heterocycles. The first kappa shape index (κ1) is 14.4. The normalized spacial score (nSPS) is 9.70. The lowest BCUT2D eigenvalue weighted by molar-refractivity contribution is 0.414. The molecule has 2 rings (SSSR count). The predicted octanol–water partition coefficient (Wildman–Crippen LogP) is 2.09. The number of hydrogen-bond donors (Lipinski definition) is 1. The minimum Gasteiger partial charge on any atom is -0.497 e. The van der Waals surface area contributed by atoms with Gasteiger partial charge in [0.1, 0.15) is 10.8 Å². The molecule has 1 aromatic carbocycles. The van der Waals surface area contributed by atoms with Gasteiger partial charge >= 0.3 is 0 Å². The van der Waals surface area contributed by atoms with Crippen LogP contribution in [0.3, 0.4) is 0 Å². The molecule has 0 aliphatic rings. The zero-order chi connectivity index (χ0) is 14.2. The average Bonchev–Trinajstić information content (AvgIpc) is 2.52. The largest absolute Gasteiger partial charge is 0.497 e. The molecule has 2 N–H and O–H groups in total. The van der Waals surface area contributed by atoms with Gasteiger partial charge in [-0.1, -0.05) is 11.8 Å². The number of nitrogens with two attached hydrogens (primary N) is 1. The van der Waals surface area contributed by atoms with Crippen molar-refractivity contribution in [1.29, 1.82) is 0 Å². The van der Waals surface area contributed by atoms with Crippen LogP contribution in [-0.2, 0) is 5.75 Å². The van der Waals surface area contributed by atoms with Crippen LogP contribution in [0.25, 0.3) is 0 Å². The number of nitrogens with zero attached hydrogens (tertiary/aromatic N) is 2. The second kappa shape index (κ2) is 7.53. The Morgan fingerprint density at radius 2 is 2.25 bits per heavy atom. The van der Waals surface area contributed by atoms with Crippen molar-refractivity contribution in [3.05, 3.63) is 47.9 Å². The highest BCUT2D eigenvalue weighted by molar-refractivity contribution is 7.98. The number of thioether (sulfide) groups is 1. The Morgan fingerprint density at radius 3 is 2.95 bits per heavy atom. The monoisotopic (exact) mass is 285 g/mol. The predicted molar refractivity (Wildman–Crippen MR) is 80.5 cm³/mol. The third-order valence-electron chi connectivity index (χ3n) is 2.55. The first-order valence-electron chi connectivity index (χ1n) is 6.08. The highest BCUT2D eigenvalue weighted by atomic mass is 32.2. The van der Waals surface area contributed by atoms with Gasteiger partial charge in [0.2, 0.25) is 0 Å². The van der Waals surface area contributed by atoms with E-state index in [0.29, 0.717) is 6.54 Å². The molecule has 0 atom stereocenters. The molecule has 0 amide bonds.